The van der Waals surface area contributed by atoms with E-state index in [0.717, 1.165) is 21.0 Å². The minimum absolute atomic E-state index is 0.101. The number of nitrogens with zero attached hydrogens (tertiary/aromatic N) is 1. The third kappa shape index (κ3) is 6.60. The summed E-state index contributed by atoms with van der Waals surface area (Å²) < 4.78 is 51.0. The van der Waals surface area contributed by atoms with E-state index in [1.54, 1.807) is 12.1 Å². The van der Waals surface area contributed by atoms with Crippen molar-refractivity contribution in [1.29, 1.82) is 0 Å². The van der Waals surface area contributed by atoms with Gasteiger partial charge in [-0.05, 0) is 42.3 Å². The van der Waals surface area contributed by atoms with E-state index in [9.17, 15) is 13.2 Å². The number of hydrogen-bond donors (Lipinski definition) is 1. The third-order valence-corrected chi connectivity index (χ3v) is 8.49. The highest BCUT2D eigenvalue weighted by Gasteiger charge is 2.32. The number of rotatable bonds is 12. The van der Waals surface area contributed by atoms with Crippen LogP contribution in [0.5, 0.6) is 23.0 Å². The minimum atomic E-state index is -4.33. The Hall–Kier alpha value is -4.70. The van der Waals surface area contributed by atoms with Crippen LogP contribution >= 0.6 is 0 Å². The molecule has 0 saturated heterocycles. The van der Waals surface area contributed by atoms with Crippen LogP contribution in [0, 0.1) is 6.92 Å². The molecule has 42 heavy (non-hydrogen) atoms. The van der Waals surface area contributed by atoms with E-state index in [1.807, 2.05) is 61.5 Å². The van der Waals surface area contributed by atoms with E-state index in [4.69, 9.17) is 18.9 Å². The van der Waals surface area contributed by atoms with Crippen LogP contribution in [0.1, 0.15) is 22.7 Å². The predicted octanol–water partition coefficient (Wildman–Crippen LogP) is 5.13. The van der Waals surface area contributed by atoms with Gasteiger partial charge in [0.25, 0.3) is 10.0 Å². The van der Waals surface area contributed by atoms with Gasteiger partial charge in [-0.3, -0.25) is 9.10 Å². The van der Waals surface area contributed by atoms with E-state index in [2.05, 4.69) is 5.32 Å². The van der Waals surface area contributed by atoms with Crippen LogP contribution < -0.4 is 28.6 Å². The van der Waals surface area contributed by atoms with Crippen LogP contribution in [-0.4, -0.2) is 49.3 Å². The maximum atomic E-state index is 14.2. The molecule has 0 saturated carbocycles. The molecular weight excluding hydrogens is 556 g/mol. The summed E-state index contributed by atoms with van der Waals surface area (Å²) in [6, 6.07) is 25.8. The van der Waals surface area contributed by atoms with E-state index in [-0.39, 0.29) is 22.1 Å². The summed E-state index contributed by atoms with van der Waals surface area (Å²) >= 11 is 0. The first-order valence-electron chi connectivity index (χ1n) is 13.1. The van der Waals surface area contributed by atoms with E-state index in [0.29, 0.717) is 11.5 Å². The molecule has 4 rings (SSSR count). The largest absolute Gasteiger partial charge is 0.497 e. The first-order valence-corrected chi connectivity index (χ1v) is 14.5. The zero-order chi connectivity index (χ0) is 30.3. The second-order valence-electron chi connectivity index (χ2n) is 9.39. The predicted molar refractivity (Wildman–Crippen MR) is 161 cm³/mol. The highest BCUT2D eigenvalue weighted by Crippen LogP contribution is 2.37. The van der Waals surface area contributed by atoms with Gasteiger partial charge < -0.3 is 24.3 Å². The summed E-state index contributed by atoms with van der Waals surface area (Å²) in [5.74, 6) is 0.692. The molecule has 4 aromatic carbocycles. The monoisotopic (exact) mass is 590 g/mol. The molecule has 0 radical (unpaired) electrons. The lowest BCUT2D eigenvalue weighted by Gasteiger charge is -2.28. The van der Waals surface area contributed by atoms with Gasteiger partial charge in [0.2, 0.25) is 5.91 Å². The van der Waals surface area contributed by atoms with Crippen molar-refractivity contribution in [2.75, 3.05) is 39.3 Å². The fraction of sp³-hybridized carbons (Fsp3) is 0.219. The van der Waals surface area contributed by atoms with Gasteiger partial charge in [0.15, 0.2) is 11.5 Å². The molecule has 10 heteroatoms. The number of carbonyl (C=O) groups is 1. The average Bonchev–Trinajstić information content (AvgIpc) is 3.02. The molecule has 0 aliphatic heterocycles. The number of anilines is 1. The topological polar surface area (TPSA) is 103 Å². The van der Waals surface area contributed by atoms with Crippen LogP contribution in [0.25, 0.3) is 0 Å². The van der Waals surface area contributed by atoms with Crippen LogP contribution in [0.2, 0.25) is 0 Å². The van der Waals surface area contributed by atoms with Crippen molar-refractivity contribution in [2.45, 2.75) is 17.9 Å². The van der Waals surface area contributed by atoms with Crippen LogP contribution in [-0.2, 0) is 14.8 Å². The summed E-state index contributed by atoms with van der Waals surface area (Å²) in [5.41, 5.74) is 2.92. The molecule has 0 aliphatic carbocycles. The van der Waals surface area contributed by atoms with Crippen molar-refractivity contribution in [2.24, 2.45) is 0 Å². The molecule has 220 valence electrons. The minimum Gasteiger partial charge on any atom is -0.497 e. The number of nitrogens with one attached hydrogen (secondary N) is 1. The number of hydrogen-bond acceptors (Lipinski definition) is 7. The molecule has 1 atom stereocenters. The van der Waals surface area contributed by atoms with Crippen LogP contribution in [0.3, 0.4) is 0 Å². The zero-order valence-corrected chi connectivity index (χ0v) is 25.0. The summed E-state index contributed by atoms with van der Waals surface area (Å²) in [6.45, 7) is 1.44. The van der Waals surface area contributed by atoms with Gasteiger partial charge in [-0.1, -0.05) is 60.2 Å². The maximum Gasteiger partial charge on any atom is 0.265 e. The van der Waals surface area contributed by atoms with E-state index < -0.39 is 28.5 Å². The Morgan fingerprint density at radius 3 is 1.98 bits per heavy atom. The van der Waals surface area contributed by atoms with Crippen molar-refractivity contribution in [3.8, 4) is 23.0 Å². The van der Waals surface area contributed by atoms with Crippen molar-refractivity contribution in [1.82, 2.24) is 5.32 Å². The lowest BCUT2D eigenvalue weighted by Crippen LogP contribution is -2.42. The molecule has 1 amide bonds. The van der Waals surface area contributed by atoms with E-state index >= 15 is 0 Å². The molecule has 0 fully saturated rings. The second kappa shape index (κ2) is 13.3. The second-order valence-corrected chi connectivity index (χ2v) is 11.3. The highest BCUT2D eigenvalue weighted by atomic mass is 32.2. The van der Waals surface area contributed by atoms with Gasteiger partial charge in [0, 0.05) is 12.1 Å². The Labute approximate surface area is 246 Å². The van der Waals surface area contributed by atoms with Gasteiger partial charge in [0.1, 0.15) is 18.0 Å². The van der Waals surface area contributed by atoms with Gasteiger partial charge in [-0.25, -0.2) is 8.42 Å². The Kier molecular flexibility index (Phi) is 9.59. The number of methoxy groups -OCH3 is 4. The highest BCUT2D eigenvalue weighted by molar-refractivity contribution is 7.92. The quantitative estimate of drug-likeness (QED) is 0.244. The van der Waals surface area contributed by atoms with Crippen LogP contribution in [0.15, 0.2) is 95.9 Å². The standard InChI is InChI=1S/C32H34N2O7S/c1-22-11-13-24(14-12-22)32(23-9-7-6-8-10-23)33-31(35)21-34(27-19-25(38-2)15-17-28(27)39-3)42(36,37)26-16-18-29(40-4)30(20-26)41-5/h6-20,32H,21H2,1-5H3,(H,33,35). The molecule has 0 aromatic heterocycles. The third-order valence-electron chi connectivity index (χ3n) is 6.73. The first-order chi connectivity index (χ1) is 20.2. The number of sulfonamides is 1. The number of aryl methyl sites for hydroxylation is 1. The van der Waals surface area contributed by atoms with Crippen molar-refractivity contribution in [3.05, 3.63) is 108 Å². The SMILES string of the molecule is COc1ccc(OC)c(N(CC(=O)NC(c2ccccc2)c2ccc(C)cc2)S(=O)(=O)c2ccc(OC)c(OC)c2)c1. The molecule has 4 aromatic rings. The van der Waals surface area contributed by atoms with Crippen molar-refractivity contribution in [3.63, 3.8) is 0 Å². The summed E-state index contributed by atoms with van der Waals surface area (Å²) in [5, 5.41) is 3.04. The molecule has 1 unspecified atom stereocenters. The number of carbonyl (C=O) groups excluding carboxylic acids is 1. The summed E-state index contributed by atoms with van der Waals surface area (Å²) in [6.07, 6.45) is 0. The summed E-state index contributed by atoms with van der Waals surface area (Å²) in [4.78, 5) is 13.7. The van der Waals surface area contributed by atoms with Crippen LogP contribution in [0.4, 0.5) is 5.69 Å². The molecule has 0 spiro atoms. The zero-order valence-electron chi connectivity index (χ0n) is 24.2. The number of ether oxygens (including phenoxy) is 4. The number of benzene rings is 4. The van der Waals surface area contributed by atoms with Gasteiger partial charge in [-0.2, -0.15) is 0 Å². The number of amides is 1. The Bertz CT molecular complexity index is 1620. The van der Waals surface area contributed by atoms with Gasteiger partial charge in [-0.15, -0.1) is 0 Å². The van der Waals surface area contributed by atoms with Crippen molar-refractivity contribution < 1.29 is 32.2 Å². The Morgan fingerprint density at radius 1 is 0.738 bits per heavy atom. The first kappa shape index (κ1) is 30.3. The smallest absolute Gasteiger partial charge is 0.265 e. The average molecular weight is 591 g/mol. The molecular formula is C32H34N2O7S. The molecule has 0 bridgehead atoms. The maximum absolute atomic E-state index is 14.2. The van der Waals surface area contributed by atoms with Gasteiger partial charge in [0.05, 0.1) is 45.1 Å². The van der Waals surface area contributed by atoms with Crippen molar-refractivity contribution >= 4 is 21.6 Å². The molecule has 1 N–H and O–H groups in total. The Balaban J connectivity index is 1.79. The lowest BCUT2D eigenvalue weighted by molar-refractivity contribution is -0.120. The molecule has 0 heterocycles. The Morgan fingerprint density at radius 2 is 1.36 bits per heavy atom. The summed E-state index contributed by atoms with van der Waals surface area (Å²) in [7, 11) is 1.44. The van der Waals surface area contributed by atoms with E-state index in [1.165, 1.54) is 52.7 Å². The fourth-order valence-electron chi connectivity index (χ4n) is 4.50. The lowest BCUT2D eigenvalue weighted by atomic mass is 9.98. The normalized spacial score (nSPS) is 11.7. The molecule has 9 nitrogen and oxygen atoms in total. The van der Waals surface area contributed by atoms with Gasteiger partial charge >= 0.3 is 0 Å². The fourth-order valence-corrected chi connectivity index (χ4v) is 5.94. The molecule has 0 aliphatic rings.